The molecule has 1 aromatic carbocycles. The highest BCUT2D eigenvalue weighted by molar-refractivity contribution is 8.15. The van der Waals surface area contributed by atoms with Gasteiger partial charge in [0, 0.05) is 17.3 Å². The number of amides is 1. The first-order valence-corrected chi connectivity index (χ1v) is 11.1. The van der Waals surface area contributed by atoms with Crippen LogP contribution in [0.3, 0.4) is 0 Å². The number of alkyl halides is 5. The normalized spacial score (nSPS) is 22.4. The summed E-state index contributed by atoms with van der Waals surface area (Å²) in [6.45, 7) is 2.40. The third-order valence-corrected chi connectivity index (χ3v) is 6.48. The quantitative estimate of drug-likeness (QED) is 0.471. The van der Waals surface area contributed by atoms with Gasteiger partial charge in [0.15, 0.2) is 23.4 Å². The fourth-order valence-corrected chi connectivity index (χ4v) is 4.98. The molecule has 3 N–H and O–H groups in total. The van der Waals surface area contributed by atoms with Crippen molar-refractivity contribution < 1.29 is 40.3 Å². The van der Waals surface area contributed by atoms with E-state index in [4.69, 9.17) is 5.73 Å². The number of thioether (sulfide) groups is 1. The minimum Gasteiger partial charge on any atom is -0.482 e. The zero-order valence-electron chi connectivity index (χ0n) is 19.1. The number of aliphatic imine (C=N–C) groups is 1. The van der Waals surface area contributed by atoms with Gasteiger partial charge in [0.05, 0.1) is 16.5 Å². The van der Waals surface area contributed by atoms with Crippen LogP contribution in [0, 0.1) is 18.6 Å². The molecule has 14 heteroatoms. The van der Waals surface area contributed by atoms with Crippen LogP contribution < -0.4 is 15.8 Å². The van der Waals surface area contributed by atoms with Crippen LogP contribution in [0.25, 0.3) is 0 Å². The molecule has 6 nitrogen and oxygen atoms in total. The lowest BCUT2D eigenvalue weighted by Crippen LogP contribution is -2.44. The fraction of sp³-hybridized carbons (Fsp3) is 0.409. The van der Waals surface area contributed by atoms with Gasteiger partial charge in [0.2, 0.25) is 0 Å². The van der Waals surface area contributed by atoms with Gasteiger partial charge in [-0.15, -0.1) is 0 Å². The summed E-state index contributed by atoms with van der Waals surface area (Å²) in [6, 6.07) is 2.91. The molecule has 0 bridgehead atoms. The van der Waals surface area contributed by atoms with E-state index >= 15 is 0 Å². The molecule has 36 heavy (non-hydrogen) atoms. The zero-order valence-corrected chi connectivity index (χ0v) is 20.0. The van der Waals surface area contributed by atoms with Gasteiger partial charge in [0.1, 0.15) is 11.4 Å². The SMILES string of the molecule is Cc1cc(OCC(F)(F)F)cnc1C(=O)Nc1cc(F)c(F)c([C@]2(C)C[C@](C)(C(F)F)SC(N)=N2)c1. The van der Waals surface area contributed by atoms with Crippen molar-refractivity contribution in [2.75, 3.05) is 11.9 Å². The van der Waals surface area contributed by atoms with Crippen molar-refractivity contribution in [1.82, 2.24) is 4.98 Å². The molecule has 196 valence electrons. The lowest BCUT2D eigenvalue weighted by Gasteiger charge is -2.40. The van der Waals surface area contributed by atoms with Gasteiger partial charge in [0.25, 0.3) is 12.3 Å². The van der Waals surface area contributed by atoms with Crippen molar-refractivity contribution in [3.05, 3.63) is 52.9 Å². The smallest absolute Gasteiger partial charge is 0.422 e. The highest BCUT2D eigenvalue weighted by Crippen LogP contribution is 2.49. The van der Waals surface area contributed by atoms with Crippen LogP contribution in [-0.2, 0) is 5.54 Å². The first-order valence-electron chi connectivity index (χ1n) is 10.3. The number of carbonyl (C=O) groups excluding carboxylic acids is 1. The number of nitrogens with zero attached hydrogens (tertiary/aromatic N) is 2. The average molecular weight is 538 g/mol. The maximum atomic E-state index is 14.8. The van der Waals surface area contributed by atoms with E-state index in [9.17, 15) is 35.5 Å². The number of rotatable bonds is 6. The van der Waals surface area contributed by atoms with E-state index < -0.39 is 52.6 Å². The van der Waals surface area contributed by atoms with Crippen LogP contribution in [-0.4, -0.2) is 40.0 Å². The lowest BCUT2D eigenvalue weighted by molar-refractivity contribution is -0.153. The maximum absolute atomic E-state index is 14.8. The van der Waals surface area contributed by atoms with E-state index in [1.54, 1.807) is 0 Å². The Morgan fingerprint density at radius 2 is 1.92 bits per heavy atom. The molecule has 0 aliphatic carbocycles. The van der Waals surface area contributed by atoms with Crippen LogP contribution >= 0.6 is 11.8 Å². The standard InChI is InChI=1S/C22H21F7N4O2S/c1-10-4-12(35-9-22(27,28)29)7-31-16(10)17(34)32-11-5-13(15(24)14(23)6-11)20(2)8-21(3,18(25)26)36-19(30)33-20/h4-7,18H,8-9H2,1-3H3,(H2,30,33)(H,32,34)/t20-,21+/m0/s1. The first-order chi connectivity index (χ1) is 16.5. The molecule has 0 saturated carbocycles. The lowest BCUT2D eigenvalue weighted by atomic mass is 9.82. The molecule has 0 saturated heterocycles. The second-order valence-corrected chi connectivity index (χ2v) is 10.2. The summed E-state index contributed by atoms with van der Waals surface area (Å²) in [5.74, 6) is -3.81. The number of hydrogen-bond acceptors (Lipinski definition) is 6. The molecule has 0 fully saturated rings. The van der Waals surface area contributed by atoms with Crippen LogP contribution in [0.5, 0.6) is 5.75 Å². The minimum absolute atomic E-state index is 0.149. The van der Waals surface area contributed by atoms with Gasteiger partial charge in [-0.25, -0.2) is 22.5 Å². The molecule has 3 rings (SSSR count). The van der Waals surface area contributed by atoms with Crippen LogP contribution in [0.4, 0.5) is 36.4 Å². The van der Waals surface area contributed by atoms with E-state index in [1.807, 2.05) is 0 Å². The zero-order chi connectivity index (χ0) is 27.1. The second-order valence-electron chi connectivity index (χ2n) is 8.63. The van der Waals surface area contributed by atoms with Gasteiger partial charge in [-0.1, -0.05) is 11.8 Å². The van der Waals surface area contributed by atoms with Crippen molar-refractivity contribution in [2.24, 2.45) is 10.7 Å². The van der Waals surface area contributed by atoms with Crippen molar-refractivity contribution in [2.45, 2.75) is 50.1 Å². The molecule has 0 radical (unpaired) electrons. The first kappa shape index (κ1) is 27.6. The third-order valence-electron chi connectivity index (χ3n) is 5.39. The van der Waals surface area contributed by atoms with E-state index in [1.165, 1.54) is 20.8 Å². The largest absolute Gasteiger partial charge is 0.482 e. The summed E-state index contributed by atoms with van der Waals surface area (Å²) >= 11 is 0.634. The van der Waals surface area contributed by atoms with E-state index in [-0.39, 0.29) is 34.3 Å². The number of hydrogen-bond donors (Lipinski definition) is 2. The Kier molecular flexibility index (Phi) is 7.49. The van der Waals surface area contributed by atoms with Gasteiger partial charge >= 0.3 is 6.18 Å². The predicted octanol–water partition coefficient (Wildman–Crippen LogP) is 5.55. The van der Waals surface area contributed by atoms with Gasteiger partial charge in [-0.3, -0.25) is 9.79 Å². The molecule has 2 atom stereocenters. The number of aryl methyl sites for hydroxylation is 1. The van der Waals surface area contributed by atoms with Crippen molar-refractivity contribution in [3.63, 3.8) is 0 Å². The Balaban J connectivity index is 1.90. The highest BCUT2D eigenvalue weighted by Gasteiger charge is 2.48. The van der Waals surface area contributed by atoms with Gasteiger partial charge in [-0.05, 0) is 44.9 Å². The summed E-state index contributed by atoms with van der Waals surface area (Å²) < 4.78 is 96.6. The Morgan fingerprint density at radius 3 is 2.50 bits per heavy atom. The number of anilines is 1. The van der Waals surface area contributed by atoms with E-state index in [0.717, 1.165) is 18.3 Å². The molecular weight excluding hydrogens is 517 g/mol. The van der Waals surface area contributed by atoms with E-state index in [0.29, 0.717) is 17.8 Å². The molecule has 1 aliphatic rings. The number of nitrogens with one attached hydrogen (secondary N) is 1. The summed E-state index contributed by atoms with van der Waals surface area (Å²) in [4.78, 5) is 20.6. The average Bonchev–Trinajstić information content (AvgIpc) is 2.73. The highest BCUT2D eigenvalue weighted by atomic mass is 32.2. The van der Waals surface area contributed by atoms with Crippen LogP contribution in [0.2, 0.25) is 0 Å². The van der Waals surface area contributed by atoms with Crippen molar-refractivity contribution in [3.8, 4) is 5.75 Å². The van der Waals surface area contributed by atoms with Crippen molar-refractivity contribution >= 4 is 28.5 Å². The van der Waals surface area contributed by atoms with E-state index in [2.05, 4.69) is 20.0 Å². The topological polar surface area (TPSA) is 89.6 Å². The Bertz CT molecular complexity index is 1210. The van der Waals surface area contributed by atoms with Gasteiger partial charge in [-0.2, -0.15) is 13.2 Å². The van der Waals surface area contributed by atoms with Gasteiger partial charge < -0.3 is 15.8 Å². The second kappa shape index (κ2) is 9.79. The molecule has 1 aromatic heterocycles. The molecule has 0 unspecified atom stereocenters. The number of carbonyl (C=O) groups is 1. The molecule has 0 spiro atoms. The van der Waals surface area contributed by atoms with Crippen LogP contribution in [0.1, 0.15) is 41.9 Å². The number of pyridine rings is 1. The minimum atomic E-state index is -4.57. The number of ether oxygens (including phenoxy) is 1. The maximum Gasteiger partial charge on any atom is 0.422 e. The molecule has 1 amide bonds. The Labute approximate surface area is 205 Å². The summed E-state index contributed by atoms with van der Waals surface area (Å²) in [5, 5.41) is 2.10. The third kappa shape index (κ3) is 6.02. The van der Waals surface area contributed by atoms with Crippen molar-refractivity contribution in [1.29, 1.82) is 0 Å². The molecule has 1 aliphatic heterocycles. The number of nitrogens with two attached hydrogens (primary N) is 1. The summed E-state index contributed by atoms with van der Waals surface area (Å²) in [7, 11) is 0. The number of amidine groups is 1. The fourth-order valence-electron chi connectivity index (χ4n) is 3.82. The van der Waals surface area contributed by atoms with Crippen LogP contribution in [0.15, 0.2) is 29.4 Å². The Morgan fingerprint density at radius 1 is 1.25 bits per heavy atom. The molecule has 2 heterocycles. The molecular formula is C22H21F7N4O2S. The monoisotopic (exact) mass is 538 g/mol. The molecule has 2 aromatic rings. The number of benzene rings is 1. The summed E-state index contributed by atoms with van der Waals surface area (Å²) in [5.41, 5.74) is 3.38. The Hall–Kier alpha value is -3.03. The summed E-state index contributed by atoms with van der Waals surface area (Å²) in [6.07, 6.45) is -6.88. The predicted molar refractivity (Wildman–Crippen MR) is 120 cm³/mol. The number of halogens is 7. The number of aromatic nitrogens is 1.